The molecule has 21 heavy (non-hydrogen) atoms. The number of hydrogen-bond donors (Lipinski definition) is 1. The van der Waals surface area contributed by atoms with E-state index >= 15 is 0 Å². The number of ether oxygens (including phenoxy) is 3. The Morgan fingerprint density at radius 2 is 2.10 bits per heavy atom. The molecular weight excluding hydrogens is 266 g/mol. The van der Waals surface area contributed by atoms with Gasteiger partial charge < -0.3 is 19.5 Å². The Hall–Kier alpha value is -1.26. The maximum atomic E-state index is 6.06. The van der Waals surface area contributed by atoms with Crippen molar-refractivity contribution in [3.8, 4) is 11.5 Å². The summed E-state index contributed by atoms with van der Waals surface area (Å²) in [7, 11) is 1.70. The first-order valence-electron chi connectivity index (χ1n) is 7.91. The number of benzene rings is 1. The first-order chi connectivity index (χ1) is 10.3. The number of rotatable bonds is 8. The highest BCUT2D eigenvalue weighted by molar-refractivity contribution is 5.40. The van der Waals surface area contributed by atoms with Gasteiger partial charge in [-0.3, -0.25) is 0 Å². The van der Waals surface area contributed by atoms with E-state index in [4.69, 9.17) is 14.2 Å². The Bertz CT molecular complexity index is 416. The Labute approximate surface area is 127 Å². The number of nitrogens with one attached hydrogen (secondary N) is 1. The van der Waals surface area contributed by atoms with Gasteiger partial charge in [-0.2, -0.15) is 0 Å². The van der Waals surface area contributed by atoms with Crippen molar-refractivity contribution in [2.45, 2.75) is 32.7 Å². The molecule has 0 aliphatic carbocycles. The zero-order valence-electron chi connectivity index (χ0n) is 13.2. The monoisotopic (exact) mass is 293 g/mol. The molecule has 1 aromatic carbocycles. The summed E-state index contributed by atoms with van der Waals surface area (Å²) in [5.74, 6) is 2.45. The Morgan fingerprint density at radius 3 is 2.81 bits per heavy atom. The number of hydrogen-bond acceptors (Lipinski definition) is 4. The fourth-order valence-electron chi connectivity index (χ4n) is 2.48. The van der Waals surface area contributed by atoms with Gasteiger partial charge in [0.1, 0.15) is 11.5 Å². The second-order valence-electron chi connectivity index (χ2n) is 5.52. The minimum atomic E-state index is 0.609. The van der Waals surface area contributed by atoms with Crippen molar-refractivity contribution >= 4 is 0 Å². The van der Waals surface area contributed by atoms with Crippen LogP contribution in [0.4, 0.5) is 0 Å². The second kappa shape index (κ2) is 8.90. The van der Waals surface area contributed by atoms with Crippen LogP contribution in [0.1, 0.15) is 31.7 Å². The minimum Gasteiger partial charge on any atom is -0.497 e. The van der Waals surface area contributed by atoms with Crippen LogP contribution >= 0.6 is 0 Å². The molecule has 1 fully saturated rings. The fourth-order valence-corrected chi connectivity index (χ4v) is 2.48. The zero-order chi connectivity index (χ0) is 14.9. The maximum absolute atomic E-state index is 6.06. The van der Waals surface area contributed by atoms with E-state index in [1.165, 1.54) is 0 Å². The van der Waals surface area contributed by atoms with Crippen LogP contribution in [0.2, 0.25) is 0 Å². The van der Waals surface area contributed by atoms with Gasteiger partial charge in [-0.15, -0.1) is 0 Å². The van der Waals surface area contributed by atoms with Gasteiger partial charge in [-0.05, 0) is 49.9 Å². The van der Waals surface area contributed by atoms with Gasteiger partial charge in [-0.1, -0.05) is 6.92 Å². The van der Waals surface area contributed by atoms with Crippen LogP contribution in [0.3, 0.4) is 0 Å². The molecule has 1 aliphatic heterocycles. The van der Waals surface area contributed by atoms with Crippen molar-refractivity contribution in [1.29, 1.82) is 0 Å². The van der Waals surface area contributed by atoms with Crippen molar-refractivity contribution in [1.82, 2.24) is 5.32 Å². The summed E-state index contributed by atoms with van der Waals surface area (Å²) < 4.78 is 16.8. The van der Waals surface area contributed by atoms with Crippen LogP contribution in [-0.4, -0.2) is 33.5 Å². The molecule has 0 bridgehead atoms. The molecule has 1 saturated heterocycles. The van der Waals surface area contributed by atoms with E-state index in [2.05, 4.69) is 18.3 Å². The first kappa shape index (κ1) is 16.1. The maximum Gasteiger partial charge on any atom is 0.124 e. The lowest BCUT2D eigenvalue weighted by Crippen LogP contribution is -2.22. The fraction of sp³-hybridized carbons (Fsp3) is 0.647. The van der Waals surface area contributed by atoms with Crippen molar-refractivity contribution < 1.29 is 14.2 Å². The standard InChI is InChI=1S/C17H27NO3/c1-3-8-18-12-15-11-16(19-2)4-5-17(15)21-13-14-6-9-20-10-7-14/h4-5,11,14,18H,3,6-10,12-13H2,1-2H3. The molecule has 4 heteroatoms. The molecule has 0 amide bonds. The topological polar surface area (TPSA) is 39.7 Å². The van der Waals surface area contributed by atoms with Crippen LogP contribution in [0.25, 0.3) is 0 Å². The quantitative estimate of drug-likeness (QED) is 0.748. The van der Waals surface area contributed by atoms with Gasteiger partial charge in [0.05, 0.1) is 13.7 Å². The molecule has 1 N–H and O–H groups in total. The third kappa shape index (κ3) is 5.21. The molecule has 0 atom stereocenters. The zero-order valence-corrected chi connectivity index (χ0v) is 13.2. The summed E-state index contributed by atoms with van der Waals surface area (Å²) in [5.41, 5.74) is 1.16. The van der Waals surface area contributed by atoms with E-state index in [1.54, 1.807) is 7.11 Å². The van der Waals surface area contributed by atoms with Crippen LogP contribution in [0.5, 0.6) is 11.5 Å². The van der Waals surface area contributed by atoms with Gasteiger partial charge in [0, 0.05) is 25.3 Å². The van der Waals surface area contributed by atoms with Crippen LogP contribution < -0.4 is 14.8 Å². The summed E-state index contributed by atoms with van der Waals surface area (Å²) in [5, 5.41) is 3.43. The van der Waals surface area contributed by atoms with Crippen LogP contribution in [0.15, 0.2) is 18.2 Å². The van der Waals surface area contributed by atoms with E-state index in [0.717, 1.165) is 69.2 Å². The predicted octanol–water partition coefficient (Wildman–Crippen LogP) is 3.00. The van der Waals surface area contributed by atoms with Crippen molar-refractivity contribution in [2.75, 3.05) is 33.5 Å². The molecule has 4 nitrogen and oxygen atoms in total. The predicted molar refractivity (Wildman–Crippen MR) is 84.0 cm³/mol. The van der Waals surface area contributed by atoms with Gasteiger partial charge >= 0.3 is 0 Å². The average Bonchev–Trinajstić information content (AvgIpc) is 2.54. The molecule has 0 aromatic heterocycles. The summed E-state index contributed by atoms with van der Waals surface area (Å²) in [6.45, 7) is 6.49. The molecule has 1 aromatic rings. The lowest BCUT2D eigenvalue weighted by molar-refractivity contribution is 0.0496. The largest absolute Gasteiger partial charge is 0.497 e. The van der Waals surface area contributed by atoms with E-state index < -0.39 is 0 Å². The highest BCUT2D eigenvalue weighted by atomic mass is 16.5. The molecule has 1 heterocycles. The normalized spacial score (nSPS) is 15.9. The summed E-state index contributed by atoms with van der Waals surface area (Å²) in [6, 6.07) is 6.03. The van der Waals surface area contributed by atoms with Crippen LogP contribution in [0, 0.1) is 5.92 Å². The number of methoxy groups -OCH3 is 1. The summed E-state index contributed by atoms with van der Waals surface area (Å²) >= 11 is 0. The lowest BCUT2D eigenvalue weighted by atomic mass is 10.0. The van der Waals surface area contributed by atoms with Crippen molar-refractivity contribution in [2.24, 2.45) is 5.92 Å². The Balaban J connectivity index is 1.95. The van der Waals surface area contributed by atoms with Gasteiger partial charge in [0.2, 0.25) is 0 Å². The minimum absolute atomic E-state index is 0.609. The highest BCUT2D eigenvalue weighted by Gasteiger charge is 2.15. The van der Waals surface area contributed by atoms with E-state index in [9.17, 15) is 0 Å². The molecule has 0 saturated carbocycles. The molecule has 0 radical (unpaired) electrons. The van der Waals surface area contributed by atoms with E-state index in [0.29, 0.717) is 5.92 Å². The van der Waals surface area contributed by atoms with Crippen molar-refractivity contribution in [3.63, 3.8) is 0 Å². The molecule has 0 unspecified atom stereocenters. The SMILES string of the molecule is CCCNCc1cc(OC)ccc1OCC1CCOCC1. The summed E-state index contributed by atoms with van der Waals surface area (Å²) in [6.07, 6.45) is 3.32. The lowest BCUT2D eigenvalue weighted by Gasteiger charge is -2.23. The van der Waals surface area contributed by atoms with E-state index in [1.807, 2.05) is 12.1 Å². The molecule has 0 spiro atoms. The van der Waals surface area contributed by atoms with Gasteiger partial charge in [-0.25, -0.2) is 0 Å². The molecule has 118 valence electrons. The van der Waals surface area contributed by atoms with Crippen LogP contribution in [-0.2, 0) is 11.3 Å². The Morgan fingerprint density at radius 1 is 1.29 bits per heavy atom. The molecular formula is C17H27NO3. The second-order valence-corrected chi connectivity index (χ2v) is 5.52. The Kier molecular flexibility index (Phi) is 6.83. The third-order valence-corrected chi connectivity index (χ3v) is 3.83. The molecule has 1 aliphatic rings. The van der Waals surface area contributed by atoms with Gasteiger partial charge in [0.15, 0.2) is 0 Å². The third-order valence-electron chi connectivity index (χ3n) is 3.83. The van der Waals surface area contributed by atoms with Crippen molar-refractivity contribution in [3.05, 3.63) is 23.8 Å². The smallest absolute Gasteiger partial charge is 0.124 e. The average molecular weight is 293 g/mol. The summed E-state index contributed by atoms with van der Waals surface area (Å²) in [4.78, 5) is 0. The first-order valence-corrected chi connectivity index (χ1v) is 7.91. The van der Waals surface area contributed by atoms with E-state index in [-0.39, 0.29) is 0 Å². The van der Waals surface area contributed by atoms with Gasteiger partial charge in [0.25, 0.3) is 0 Å². The highest BCUT2D eigenvalue weighted by Crippen LogP contribution is 2.25. The molecule has 2 rings (SSSR count).